The van der Waals surface area contributed by atoms with Gasteiger partial charge in [0.05, 0.1) is 12.8 Å². The van der Waals surface area contributed by atoms with Crippen LogP contribution < -0.4 is 10.2 Å². The maximum Gasteiger partial charge on any atom is 0.223 e. The van der Waals surface area contributed by atoms with Gasteiger partial charge in [-0.25, -0.2) is 0 Å². The van der Waals surface area contributed by atoms with E-state index >= 15 is 0 Å². The van der Waals surface area contributed by atoms with E-state index in [0.29, 0.717) is 12.4 Å². The van der Waals surface area contributed by atoms with Gasteiger partial charge in [0.2, 0.25) is 5.43 Å². The first kappa shape index (κ1) is 16.1. The molecule has 1 heterocycles. The van der Waals surface area contributed by atoms with Gasteiger partial charge in [-0.2, -0.15) is 0 Å². The first-order valence-corrected chi connectivity index (χ1v) is 8.29. The maximum atomic E-state index is 11.9. The zero-order chi connectivity index (χ0) is 16.8. The fourth-order valence-corrected chi connectivity index (χ4v) is 2.54. The average Bonchev–Trinajstić information content (AvgIpc) is 2.64. The van der Waals surface area contributed by atoms with E-state index in [1.807, 2.05) is 34.9 Å². The van der Waals surface area contributed by atoms with E-state index in [9.17, 15) is 4.79 Å². The number of unbranched alkanes of at least 4 members (excludes halogenated alkanes) is 1. The quantitative estimate of drug-likeness (QED) is 0.618. The van der Waals surface area contributed by atoms with Crippen LogP contribution in [0.5, 0.6) is 5.75 Å². The molecule has 0 radical (unpaired) electrons. The summed E-state index contributed by atoms with van der Waals surface area (Å²) in [6.45, 7) is 2.67. The van der Waals surface area contributed by atoms with Crippen molar-refractivity contribution in [2.75, 3.05) is 6.61 Å². The SMILES string of the molecule is CCCCOc1cn(-c2cccc(-c3ccccc3)c2)ccc1=O. The first-order chi connectivity index (χ1) is 11.8. The normalized spacial score (nSPS) is 10.5. The highest BCUT2D eigenvalue weighted by molar-refractivity contribution is 5.65. The summed E-state index contributed by atoms with van der Waals surface area (Å²) in [4.78, 5) is 11.9. The highest BCUT2D eigenvalue weighted by atomic mass is 16.5. The van der Waals surface area contributed by atoms with Crippen LogP contribution in [0.4, 0.5) is 0 Å². The van der Waals surface area contributed by atoms with E-state index in [0.717, 1.165) is 24.1 Å². The Morgan fingerprint density at radius 3 is 2.54 bits per heavy atom. The van der Waals surface area contributed by atoms with Gasteiger partial charge in [0.25, 0.3) is 0 Å². The summed E-state index contributed by atoms with van der Waals surface area (Å²) >= 11 is 0. The van der Waals surface area contributed by atoms with Crippen molar-refractivity contribution >= 4 is 0 Å². The number of hydrogen-bond donors (Lipinski definition) is 0. The maximum absolute atomic E-state index is 11.9. The third kappa shape index (κ3) is 3.74. The molecule has 0 saturated carbocycles. The second-order valence-electron chi connectivity index (χ2n) is 5.70. The molecular weight excluding hydrogens is 298 g/mol. The third-order valence-electron chi connectivity index (χ3n) is 3.89. The fraction of sp³-hybridized carbons (Fsp3) is 0.190. The van der Waals surface area contributed by atoms with E-state index in [-0.39, 0.29) is 5.43 Å². The van der Waals surface area contributed by atoms with Gasteiger partial charge in [-0.3, -0.25) is 4.79 Å². The van der Waals surface area contributed by atoms with E-state index in [1.54, 1.807) is 18.5 Å². The van der Waals surface area contributed by atoms with E-state index in [4.69, 9.17) is 4.74 Å². The number of benzene rings is 2. The van der Waals surface area contributed by atoms with Crippen LogP contribution in [0, 0.1) is 0 Å². The summed E-state index contributed by atoms with van der Waals surface area (Å²) in [5.74, 6) is 0.399. The van der Waals surface area contributed by atoms with Gasteiger partial charge in [-0.05, 0) is 29.7 Å². The lowest BCUT2D eigenvalue weighted by Crippen LogP contribution is -2.10. The summed E-state index contributed by atoms with van der Waals surface area (Å²) in [7, 11) is 0. The molecular formula is C21H21NO2. The van der Waals surface area contributed by atoms with Crippen LogP contribution in [0.2, 0.25) is 0 Å². The van der Waals surface area contributed by atoms with Crippen LogP contribution in [0.3, 0.4) is 0 Å². The minimum absolute atomic E-state index is 0.0819. The van der Waals surface area contributed by atoms with Gasteiger partial charge in [-0.15, -0.1) is 0 Å². The van der Waals surface area contributed by atoms with Crippen LogP contribution in [-0.2, 0) is 0 Å². The molecule has 3 heteroatoms. The topological polar surface area (TPSA) is 31.2 Å². The minimum Gasteiger partial charge on any atom is -0.488 e. The van der Waals surface area contributed by atoms with Gasteiger partial charge in [-0.1, -0.05) is 55.8 Å². The third-order valence-corrected chi connectivity index (χ3v) is 3.89. The lowest BCUT2D eigenvalue weighted by atomic mass is 10.1. The van der Waals surface area contributed by atoms with Crippen molar-refractivity contribution < 1.29 is 4.74 Å². The second-order valence-corrected chi connectivity index (χ2v) is 5.70. The monoisotopic (exact) mass is 319 g/mol. The lowest BCUT2D eigenvalue weighted by Gasteiger charge is -2.11. The largest absolute Gasteiger partial charge is 0.488 e. The van der Waals surface area contributed by atoms with E-state index in [1.165, 1.54) is 5.56 Å². The molecule has 0 unspecified atom stereocenters. The molecule has 0 amide bonds. The van der Waals surface area contributed by atoms with Crippen LogP contribution in [0.25, 0.3) is 16.8 Å². The molecule has 0 fully saturated rings. The van der Waals surface area contributed by atoms with Crippen molar-refractivity contribution in [1.29, 1.82) is 0 Å². The Morgan fingerprint density at radius 2 is 1.75 bits per heavy atom. The zero-order valence-electron chi connectivity index (χ0n) is 13.8. The Bertz CT molecular complexity index is 853. The van der Waals surface area contributed by atoms with Crippen LogP contribution in [-0.4, -0.2) is 11.2 Å². The molecule has 0 aliphatic heterocycles. The van der Waals surface area contributed by atoms with Crippen LogP contribution >= 0.6 is 0 Å². The number of hydrogen-bond acceptors (Lipinski definition) is 2. The predicted molar refractivity (Wildman–Crippen MR) is 97.9 cm³/mol. The Kier molecular flexibility index (Phi) is 5.12. The molecule has 0 spiro atoms. The molecule has 2 aromatic carbocycles. The average molecular weight is 319 g/mol. The van der Waals surface area contributed by atoms with Gasteiger partial charge in [0, 0.05) is 18.0 Å². The predicted octanol–water partition coefficient (Wildman–Crippen LogP) is 4.68. The molecule has 24 heavy (non-hydrogen) atoms. The highest BCUT2D eigenvalue weighted by Gasteiger charge is 2.04. The Morgan fingerprint density at radius 1 is 0.958 bits per heavy atom. The molecule has 3 rings (SSSR count). The van der Waals surface area contributed by atoms with Crippen molar-refractivity contribution in [3.05, 3.63) is 83.3 Å². The van der Waals surface area contributed by atoms with Gasteiger partial charge in [0.15, 0.2) is 5.75 Å². The van der Waals surface area contributed by atoms with Crippen LogP contribution in [0.15, 0.2) is 77.9 Å². The molecule has 0 saturated heterocycles. The lowest BCUT2D eigenvalue weighted by molar-refractivity contribution is 0.305. The smallest absolute Gasteiger partial charge is 0.223 e. The summed E-state index contributed by atoms with van der Waals surface area (Å²) in [5, 5.41) is 0. The summed E-state index contributed by atoms with van der Waals surface area (Å²) in [6, 6.07) is 20.0. The van der Waals surface area contributed by atoms with Gasteiger partial charge < -0.3 is 9.30 Å². The summed E-state index contributed by atoms with van der Waals surface area (Å²) in [6.07, 6.45) is 5.53. The Balaban J connectivity index is 1.92. The van der Waals surface area contributed by atoms with Crippen molar-refractivity contribution in [2.24, 2.45) is 0 Å². The summed E-state index contributed by atoms with van der Waals surface area (Å²) < 4.78 is 7.55. The van der Waals surface area contributed by atoms with Crippen LogP contribution in [0.1, 0.15) is 19.8 Å². The number of ether oxygens (including phenoxy) is 1. The number of nitrogens with zero attached hydrogens (tertiary/aromatic N) is 1. The number of rotatable bonds is 6. The molecule has 3 aromatic rings. The van der Waals surface area contributed by atoms with Gasteiger partial charge in [0.1, 0.15) is 0 Å². The van der Waals surface area contributed by atoms with Crippen molar-refractivity contribution in [1.82, 2.24) is 4.57 Å². The van der Waals surface area contributed by atoms with E-state index < -0.39 is 0 Å². The molecule has 0 aliphatic carbocycles. The fourth-order valence-electron chi connectivity index (χ4n) is 2.54. The number of pyridine rings is 1. The molecule has 122 valence electrons. The van der Waals surface area contributed by atoms with Gasteiger partial charge >= 0.3 is 0 Å². The van der Waals surface area contributed by atoms with Crippen molar-refractivity contribution in [3.8, 4) is 22.6 Å². The molecule has 1 aromatic heterocycles. The Hall–Kier alpha value is -2.81. The zero-order valence-corrected chi connectivity index (χ0v) is 13.8. The standard InChI is InChI=1S/C21H21NO2/c1-2-3-14-24-21-16-22(13-12-20(21)23)19-11-7-10-18(15-19)17-8-5-4-6-9-17/h4-13,15-16H,2-3,14H2,1H3. The van der Waals surface area contributed by atoms with E-state index in [2.05, 4.69) is 31.2 Å². The molecule has 0 atom stereocenters. The number of aromatic nitrogens is 1. The Labute approximate surface area is 142 Å². The summed E-state index contributed by atoms with van der Waals surface area (Å²) in [5.41, 5.74) is 3.22. The first-order valence-electron chi connectivity index (χ1n) is 8.29. The molecule has 0 N–H and O–H groups in total. The highest BCUT2D eigenvalue weighted by Crippen LogP contribution is 2.22. The second kappa shape index (κ2) is 7.64. The van der Waals surface area contributed by atoms with Crippen molar-refractivity contribution in [3.63, 3.8) is 0 Å². The molecule has 0 bridgehead atoms. The van der Waals surface area contributed by atoms with Crippen molar-refractivity contribution in [2.45, 2.75) is 19.8 Å². The molecule has 0 aliphatic rings. The molecule has 3 nitrogen and oxygen atoms in total. The minimum atomic E-state index is -0.0819.